The Hall–Kier alpha value is -3.28. The third-order valence-corrected chi connectivity index (χ3v) is 5.54. The Bertz CT molecular complexity index is 997. The molecule has 2 amide bonds. The highest BCUT2D eigenvalue weighted by molar-refractivity contribution is 5.95. The van der Waals surface area contributed by atoms with Crippen molar-refractivity contribution in [1.29, 1.82) is 0 Å². The van der Waals surface area contributed by atoms with Gasteiger partial charge in [-0.15, -0.1) is 0 Å². The molecule has 4 rings (SSSR count). The van der Waals surface area contributed by atoms with E-state index in [1.807, 2.05) is 50.2 Å². The predicted molar refractivity (Wildman–Crippen MR) is 120 cm³/mol. The summed E-state index contributed by atoms with van der Waals surface area (Å²) in [6.45, 7) is 5.69. The van der Waals surface area contributed by atoms with Gasteiger partial charge in [0.2, 0.25) is 11.8 Å². The van der Waals surface area contributed by atoms with Crippen LogP contribution in [0.2, 0.25) is 0 Å². The fourth-order valence-corrected chi connectivity index (χ4v) is 4.01. The van der Waals surface area contributed by atoms with E-state index in [0.717, 1.165) is 53.3 Å². The van der Waals surface area contributed by atoms with Crippen molar-refractivity contribution in [2.75, 3.05) is 18.1 Å². The predicted octanol–water partition coefficient (Wildman–Crippen LogP) is 3.87. The first-order valence-corrected chi connectivity index (χ1v) is 10.8. The number of anilines is 1. The lowest BCUT2D eigenvalue weighted by Gasteiger charge is -2.15. The number of rotatable bonds is 7. The van der Waals surface area contributed by atoms with Crippen molar-refractivity contribution >= 4 is 23.6 Å². The Kier molecular flexibility index (Phi) is 6.26. The van der Waals surface area contributed by atoms with E-state index in [1.165, 1.54) is 6.08 Å². The summed E-state index contributed by atoms with van der Waals surface area (Å²) in [6, 6.07) is 11.6. The fourth-order valence-electron chi connectivity index (χ4n) is 4.01. The summed E-state index contributed by atoms with van der Waals surface area (Å²) in [5.74, 6) is 1.64. The van der Waals surface area contributed by atoms with Crippen molar-refractivity contribution in [3.05, 3.63) is 59.2 Å². The molecule has 1 fully saturated rings. The summed E-state index contributed by atoms with van der Waals surface area (Å²) in [6.07, 6.45) is 5.83. The first-order chi connectivity index (χ1) is 15.0. The number of carbonyl (C=O) groups excluding carboxylic acids is 2. The minimum atomic E-state index is -0.184. The first kappa shape index (κ1) is 21.0. The second-order valence-electron chi connectivity index (χ2n) is 7.92. The molecule has 0 aromatic heterocycles. The van der Waals surface area contributed by atoms with Crippen LogP contribution >= 0.6 is 0 Å². The summed E-state index contributed by atoms with van der Waals surface area (Å²) in [4.78, 5) is 26.0. The van der Waals surface area contributed by atoms with Crippen molar-refractivity contribution in [3.8, 4) is 11.5 Å². The number of hydrogen-bond acceptors (Lipinski definition) is 4. The highest BCUT2D eigenvalue weighted by atomic mass is 16.5. The molecule has 1 N–H and O–H groups in total. The number of hydrogen-bond donors (Lipinski definition) is 1. The van der Waals surface area contributed by atoms with Crippen molar-refractivity contribution in [2.24, 2.45) is 0 Å². The normalized spacial score (nSPS) is 17.7. The Labute approximate surface area is 182 Å². The summed E-state index contributed by atoms with van der Waals surface area (Å²) < 4.78 is 11.6. The summed E-state index contributed by atoms with van der Waals surface area (Å²) in [7, 11) is 0. The second kappa shape index (κ2) is 9.25. The van der Waals surface area contributed by atoms with Crippen molar-refractivity contribution < 1.29 is 19.1 Å². The molecule has 1 unspecified atom stereocenters. The van der Waals surface area contributed by atoms with Crippen molar-refractivity contribution in [2.45, 2.75) is 45.8 Å². The van der Waals surface area contributed by atoms with Crippen molar-refractivity contribution in [3.63, 3.8) is 0 Å². The molecule has 0 bridgehead atoms. The number of benzene rings is 2. The molecule has 162 valence electrons. The molecule has 1 saturated heterocycles. The molecule has 6 nitrogen and oxygen atoms in total. The van der Waals surface area contributed by atoms with E-state index in [-0.39, 0.29) is 17.9 Å². The Morgan fingerprint density at radius 1 is 1.29 bits per heavy atom. The second-order valence-corrected chi connectivity index (χ2v) is 7.92. The molecule has 6 heteroatoms. The highest BCUT2D eigenvalue weighted by Gasteiger charge is 2.22. The van der Waals surface area contributed by atoms with Gasteiger partial charge in [0.05, 0.1) is 6.61 Å². The Morgan fingerprint density at radius 2 is 2.10 bits per heavy atom. The van der Waals surface area contributed by atoms with Crippen LogP contribution in [0.4, 0.5) is 5.69 Å². The quantitative estimate of drug-likeness (QED) is 0.691. The van der Waals surface area contributed by atoms with Gasteiger partial charge >= 0.3 is 0 Å². The lowest BCUT2D eigenvalue weighted by atomic mass is 10.1. The van der Waals surface area contributed by atoms with Gasteiger partial charge in [0.1, 0.15) is 17.6 Å². The molecule has 1 atom stereocenters. The van der Waals surface area contributed by atoms with Gasteiger partial charge in [0.15, 0.2) is 0 Å². The average molecular weight is 421 g/mol. The van der Waals surface area contributed by atoms with E-state index in [2.05, 4.69) is 5.32 Å². The monoisotopic (exact) mass is 420 g/mol. The van der Waals surface area contributed by atoms with Gasteiger partial charge in [-0.3, -0.25) is 9.59 Å². The topological polar surface area (TPSA) is 67.9 Å². The number of nitrogens with one attached hydrogen (secondary N) is 1. The zero-order chi connectivity index (χ0) is 21.8. The summed E-state index contributed by atoms with van der Waals surface area (Å²) in [5.41, 5.74) is 3.85. The number of fused-ring (bicyclic) bond motifs is 1. The van der Waals surface area contributed by atoms with Gasteiger partial charge in [0.25, 0.3) is 0 Å². The number of amides is 2. The SMILES string of the molecule is CCOc1cc2c(cc1CNC(=O)/C=C/c1ccc(N3CCCC3=O)cc1)OC(C)C2. The zero-order valence-electron chi connectivity index (χ0n) is 18.0. The van der Waals surface area contributed by atoms with E-state index in [0.29, 0.717) is 19.6 Å². The molecule has 2 heterocycles. The Morgan fingerprint density at radius 3 is 2.81 bits per heavy atom. The summed E-state index contributed by atoms with van der Waals surface area (Å²) >= 11 is 0. The van der Waals surface area contributed by atoms with Crippen LogP contribution in [0.25, 0.3) is 6.08 Å². The first-order valence-electron chi connectivity index (χ1n) is 10.8. The minimum absolute atomic E-state index is 0.159. The standard InChI is InChI=1S/C25H28N2O4/c1-3-30-22-14-19-13-17(2)31-23(19)15-20(22)16-26-24(28)11-8-18-6-9-21(10-7-18)27-12-4-5-25(27)29/h6-11,14-15,17H,3-5,12-13,16H2,1-2H3,(H,26,28)/b11-8+. The molecule has 31 heavy (non-hydrogen) atoms. The molecule has 2 aliphatic rings. The largest absolute Gasteiger partial charge is 0.494 e. The van der Waals surface area contributed by atoms with Crippen LogP contribution in [-0.2, 0) is 22.6 Å². The third-order valence-electron chi connectivity index (χ3n) is 5.54. The number of nitrogens with zero attached hydrogens (tertiary/aromatic N) is 1. The number of ether oxygens (including phenoxy) is 2. The maximum atomic E-state index is 12.3. The maximum absolute atomic E-state index is 12.3. The smallest absolute Gasteiger partial charge is 0.244 e. The van der Waals surface area contributed by atoms with Crippen LogP contribution in [0.1, 0.15) is 43.4 Å². The molecule has 0 spiro atoms. The van der Waals surface area contributed by atoms with Gasteiger partial charge in [-0.2, -0.15) is 0 Å². The van der Waals surface area contributed by atoms with E-state index < -0.39 is 0 Å². The van der Waals surface area contributed by atoms with Gasteiger partial charge < -0.3 is 19.7 Å². The van der Waals surface area contributed by atoms with Gasteiger partial charge in [-0.05, 0) is 56.2 Å². The van der Waals surface area contributed by atoms with Crippen LogP contribution in [0.3, 0.4) is 0 Å². The lowest BCUT2D eigenvalue weighted by molar-refractivity contribution is -0.117. The highest BCUT2D eigenvalue weighted by Crippen LogP contribution is 2.35. The number of carbonyl (C=O) groups is 2. The van der Waals surface area contributed by atoms with E-state index in [1.54, 1.807) is 11.0 Å². The van der Waals surface area contributed by atoms with Crippen LogP contribution in [0, 0.1) is 0 Å². The molecular weight excluding hydrogens is 392 g/mol. The van der Waals surface area contributed by atoms with E-state index in [4.69, 9.17) is 9.47 Å². The third kappa shape index (κ3) is 4.90. The van der Waals surface area contributed by atoms with E-state index >= 15 is 0 Å². The lowest BCUT2D eigenvalue weighted by Crippen LogP contribution is -2.23. The molecule has 0 saturated carbocycles. The molecule has 0 radical (unpaired) electrons. The van der Waals surface area contributed by atoms with E-state index in [9.17, 15) is 9.59 Å². The minimum Gasteiger partial charge on any atom is -0.494 e. The van der Waals surface area contributed by atoms with Gasteiger partial charge in [-0.25, -0.2) is 0 Å². The molecular formula is C25H28N2O4. The molecule has 2 aromatic rings. The fraction of sp³-hybridized carbons (Fsp3) is 0.360. The average Bonchev–Trinajstić information content (AvgIpc) is 3.35. The molecule has 2 aliphatic heterocycles. The van der Waals surface area contributed by atoms with Crippen LogP contribution < -0.4 is 19.7 Å². The maximum Gasteiger partial charge on any atom is 0.244 e. The van der Waals surface area contributed by atoms with Crippen LogP contribution in [-0.4, -0.2) is 31.1 Å². The molecule has 2 aromatic carbocycles. The zero-order valence-corrected chi connectivity index (χ0v) is 18.0. The summed E-state index contributed by atoms with van der Waals surface area (Å²) in [5, 5.41) is 2.92. The van der Waals surface area contributed by atoms with Crippen molar-refractivity contribution in [1.82, 2.24) is 5.32 Å². The molecule has 0 aliphatic carbocycles. The Balaban J connectivity index is 1.36. The van der Waals surface area contributed by atoms with Crippen LogP contribution in [0.15, 0.2) is 42.5 Å². The van der Waals surface area contributed by atoms with Crippen LogP contribution in [0.5, 0.6) is 11.5 Å². The van der Waals surface area contributed by atoms with Gasteiger partial charge in [0, 0.05) is 48.8 Å². The van der Waals surface area contributed by atoms with Gasteiger partial charge in [-0.1, -0.05) is 12.1 Å².